The van der Waals surface area contributed by atoms with E-state index in [1.165, 1.54) is 13.2 Å². The molecule has 0 fully saturated rings. The fraction of sp³-hybridized carbons (Fsp3) is 0.250. The van der Waals surface area contributed by atoms with Crippen LogP contribution in [0, 0.1) is 12.7 Å². The van der Waals surface area contributed by atoms with Crippen LogP contribution in [0.25, 0.3) is 0 Å². The summed E-state index contributed by atoms with van der Waals surface area (Å²) in [6.45, 7) is 1.79. The smallest absolute Gasteiger partial charge is 0.231 e. The molecule has 1 aliphatic heterocycles. The molecule has 0 saturated heterocycles. The van der Waals surface area contributed by atoms with Gasteiger partial charge in [0.05, 0.1) is 7.11 Å². The molecule has 0 spiro atoms. The van der Waals surface area contributed by atoms with Gasteiger partial charge < -0.3 is 19.3 Å². The van der Waals surface area contributed by atoms with Crippen LogP contribution >= 0.6 is 0 Å². The summed E-state index contributed by atoms with van der Waals surface area (Å²) in [4.78, 5) is 0. The second kappa shape index (κ2) is 5.26. The lowest BCUT2D eigenvalue weighted by atomic mass is 9.99. The Morgan fingerprint density at radius 2 is 2.00 bits per heavy atom. The van der Waals surface area contributed by atoms with E-state index in [1.807, 2.05) is 0 Å². The van der Waals surface area contributed by atoms with Crippen LogP contribution in [0.5, 0.6) is 17.2 Å². The highest BCUT2D eigenvalue weighted by atomic mass is 19.1. The summed E-state index contributed by atoms with van der Waals surface area (Å²) in [6.07, 6.45) is -0.969. The van der Waals surface area contributed by atoms with Crippen LogP contribution in [0.15, 0.2) is 30.3 Å². The number of aryl methyl sites for hydroxylation is 1. The van der Waals surface area contributed by atoms with Crippen molar-refractivity contribution in [1.29, 1.82) is 0 Å². The van der Waals surface area contributed by atoms with Gasteiger partial charge in [-0.25, -0.2) is 4.39 Å². The average Bonchev–Trinajstić information content (AvgIpc) is 2.96. The van der Waals surface area contributed by atoms with E-state index < -0.39 is 6.10 Å². The third-order valence-electron chi connectivity index (χ3n) is 3.51. The standard InChI is InChI=1S/C16H15FO4/c1-9-3-4-10(5-12(9)17)15(18)11-6-13(19-2)16-14(7-11)20-8-21-16/h3-7,15,18H,8H2,1-2H3. The van der Waals surface area contributed by atoms with Crippen molar-refractivity contribution >= 4 is 0 Å². The Morgan fingerprint density at radius 1 is 1.19 bits per heavy atom. The predicted molar refractivity (Wildman–Crippen MR) is 74.3 cm³/mol. The maximum atomic E-state index is 13.6. The molecule has 2 aromatic carbocycles. The maximum absolute atomic E-state index is 13.6. The molecule has 3 rings (SSSR count). The van der Waals surface area contributed by atoms with Gasteiger partial charge in [-0.15, -0.1) is 0 Å². The number of hydrogen-bond donors (Lipinski definition) is 1. The largest absolute Gasteiger partial charge is 0.493 e. The number of rotatable bonds is 3. The number of methoxy groups -OCH3 is 1. The Kier molecular flexibility index (Phi) is 3.43. The first-order valence-corrected chi connectivity index (χ1v) is 6.52. The fourth-order valence-corrected chi connectivity index (χ4v) is 2.28. The summed E-state index contributed by atoms with van der Waals surface area (Å²) >= 11 is 0. The molecule has 0 bridgehead atoms. The van der Waals surface area contributed by atoms with E-state index in [2.05, 4.69) is 0 Å². The normalized spacial score (nSPS) is 14.1. The Labute approximate surface area is 121 Å². The first-order valence-electron chi connectivity index (χ1n) is 6.52. The summed E-state index contributed by atoms with van der Waals surface area (Å²) < 4.78 is 29.5. The Morgan fingerprint density at radius 3 is 2.71 bits per heavy atom. The summed E-state index contributed by atoms with van der Waals surface area (Å²) in [5.41, 5.74) is 1.56. The molecule has 5 heteroatoms. The monoisotopic (exact) mass is 290 g/mol. The molecule has 2 aromatic rings. The maximum Gasteiger partial charge on any atom is 0.231 e. The predicted octanol–water partition coefficient (Wildman–Crippen LogP) is 2.95. The molecule has 0 saturated carbocycles. The van der Waals surface area contributed by atoms with Gasteiger partial charge in [0.25, 0.3) is 0 Å². The fourth-order valence-electron chi connectivity index (χ4n) is 2.28. The van der Waals surface area contributed by atoms with Crippen LogP contribution in [0.3, 0.4) is 0 Å². The molecule has 110 valence electrons. The molecular formula is C16H15FO4. The van der Waals surface area contributed by atoms with Gasteiger partial charge in [-0.2, -0.15) is 0 Å². The topological polar surface area (TPSA) is 47.9 Å². The molecule has 21 heavy (non-hydrogen) atoms. The first kappa shape index (κ1) is 13.7. The summed E-state index contributed by atoms with van der Waals surface area (Å²) in [5, 5.41) is 10.4. The zero-order valence-electron chi connectivity index (χ0n) is 11.7. The molecule has 1 atom stereocenters. The molecule has 0 aromatic heterocycles. The lowest BCUT2D eigenvalue weighted by Gasteiger charge is -2.14. The summed E-state index contributed by atoms with van der Waals surface area (Å²) in [6, 6.07) is 8.00. The van der Waals surface area contributed by atoms with Crippen molar-refractivity contribution in [2.24, 2.45) is 0 Å². The molecule has 0 radical (unpaired) electrons. The number of halogens is 1. The van der Waals surface area contributed by atoms with Crippen molar-refractivity contribution in [3.8, 4) is 17.2 Å². The van der Waals surface area contributed by atoms with Gasteiger partial charge in [-0.05, 0) is 41.8 Å². The average molecular weight is 290 g/mol. The number of hydrogen-bond acceptors (Lipinski definition) is 4. The van der Waals surface area contributed by atoms with Crippen molar-refractivity contribution in [3.63, 3.8) is 0 Å². The Bertz CT molecular complexity index is 684. The van der Waals surface area contributed by atoms with Crippen molar-refractivity contribution in [2.45, 2.75) is 13.0 Å². The van der Waals surface area contributed by atoms with Crippen LogP contribution in [0.1, 0.15) is 22.8 Å². The van der Waals surface area contributed by atoms with Gasteiger partial charge in [0.2, 0.25) is 12.5 Å². The number of benzene rings is 2. The summed E-state index contributed by atoms with van der Waals surface area (Å²) in [7, 11) is 1.51. The van der Waals surface area contributed by atoms with E-state index in [0.717, 1.165) is 0 Å². The second-order valence-electron chi connectivity index (χ2n) is 4.87. The van der Waals surface area contributed by atoms with E-state index in [9.17, 15) is 9.50 Å². The highest BCUT2D eigenvalue weighted by Gasteiger charge is 2.23. The second-order valence-corrected chi connectivity index (χ2v) is 4.87. The zero-order chi connectivity index (χ0) is 15.0. The minimum absolute atomic E-state index is 0.115. The number of aliphatic hydroxyl groups is 1. The lowest BCUT2D eigenvalue weighted by Crippen LogP contribution is -2.01. The van der Waals surface area contributed by atoms with Gasteiger partial charge in [0, 0.05) is 0 Å². The van der Waals surface area contributed by atoms with Crippen LogP contribution in [0.2, 0.25) is 0 Å². The van der Waals surface area contributed by atoms with Crippen LogP contribution < -0.4 is 14.2 Å². The SMILES string of the molecule is COc1cc(C(O)c2ccc(C)c(F)c2)cc2c1OCO2. The van der Waals surface area contributed by atoms with Crippen molar-refractivity contribution in [3.05, 3.63) is 52.8 Å². The number of aliphatic hydroxyl groups excluding tert-OH is 1. The molecule has 1 N–H and O–H groups in total. The van der Waals surface area contributed by atoms with Crippen molar-refractivity contribution < 1.29 is 23.7 Å². The minimum Gasteiger partial charge on any atom is -0.493 e. The van der Waals surface area contributed by atoms with E-state index in [0.29, 0.717) is 33.9 Å². The molecule has 0 amide bonds. The van der Waals surface area contributed by atoms with Gasteiger partial charge in [0.1, 0.15) is 11.9 Å². The van der Waals surface area contributed by atoms with Crippen LogP contribution in [-0.2, 0) is 0 Å². The molecule has 4 nitrogen and oxygen atoms in total. The molecule has 1 aliphatic rings. The van der Waals surface area contributed by atoms with Gasteiger partial charge in [-0.3, -0.25) is 0 Å². The molecule has 0 aliphatic carbocycles. The first-order chi connectivity index (χ1) is 10.1. The summed E-state index contributed by atoms with van der Waals surface area (Å²) in [5.74, 6) is 1.16. The number of fused-ring (bicyclic) bond motifs is 1. The van der Waals surface area contributed by atoms with Gasteiger partial charge in [-0.1, -0.05) is 12.1 Å². The van der Waals surface area contributed by atoms with E-state index in [4.69, 9.17) is 14.2 Å². The third kappa shape index (κ3) is 2.40. The molecular weight excluding hydrogens is 275 g/mol. The van der Waals surface area contributed by atoms with Gasteiger partial charge in [0.15, 0.2) is 11.5 Å². The molecule has 1 unspecified atom stereocenters. The highest BCUT2D eigenvalue weighted by Crippen LogP contribution is 2.43. The Hall–Kier alpha value is -2.27. The lowest BCUT2D eigenvalue weighted by molar-refractivity contribution is 0.171. The molecule has 1 heterocycles. The number of ether oxygens (including phenoxy) is 3. The van der Waals surface area contributed by atoms with Crippen LogP contribution in [0.4, 0.5) is 4.39 Å². The third-order valence-corrected chi connectivity index (χ3v) is 3.51. The Balaban J connectivity index is 2.01. The van der Waals surface area contributed by atoms with Crippen molar-refractivity contribution in [2.75, 3.05) is 13.9 Å². The quantitative estimate of drug-likeness (QED) is 0.944. The zero-order valence-corrected chi connectivity index (χ0v) is 11.7. The minimum atomic E-state index is -0.969. The van der Waals surface area contributed by atoms with Gasteiger partial charge >= 0.3 is 0 Å². The van der Waals surface area contributed by atoms with Crippen molar-refractivity contribution in [1.82, 2.24) is 0 Å². The van der Waals surface area contributed by atoms with Crippen LogP contribution in [-0.4, -0.2) is 19.0 Å². The van der Waals surface area contributed by atoms with E-state index in [1.54, 1.807) is 31.2 Å². The highest BCUT2D eigenvalue weighted by molar-refractivity contribution is 5.56. The van der Waals surface area contributed by atoms with E-state index in [-0.39, 0.29) is 12.6 Å². The van der Waals surface area contributed by atoms with E-state index >= 15 is 0 Å².